The lowest BCUT2D eigenvalue weighted by Gasteiger charge is -2.37. The number of aromatic nitrogens is 4. The van der Waals surface area contributed by atoms with Gasteiger partial charge in [0, 0.05) is 30.8 Å². The van der Waals surface area contributed by atoms with Crippen molar-refractivity contribution in [3.05, 3.63) is 27.7 Å². The third-order valence-electron chi connectivity index (χ3n) is 6.18. The lowest BCUT2D eigenvalue weighted by Crippen LogP contribution is -2.40. The second-order valence-electron chi connectivity index (χ2n) is 9.79. The molecule has 3 rings (SSSR count). The maximum atomic E-state index is 6.67. The molecule has 2 aromatic heterocycles. The fourth-order valence-electron chi connectivity index (χ4n) is 4.81. The Hall–Kier alpha value is -1.64. The average Bonchev–Trinajstić information content (AvgIpc) is 3.15. The van der Waals surface area contributed by atoms with Gasteiger partial charge in [0.25, 0.3) is 0 Å². The molecule has 3 atom stereocenters. The quantitative estimate of drug-likeness (QED) is 0.495. The molecule has 0 aliphatic carbocycles. The Kier molecular flexibility index (Phi) is 6.75. The third-order valence-corrected chi connectivity index (χ3v) is 7.19. The highest BCUT2D eigenvalue weighted by Gasteiger charge is 2.45. The van der Waals surface area contributed by atoms with Gasteiger partial charge in [-0.05, 0) is 44.3 Å². The zero-order chi connectivity index (χ0) is 23.2. The lowest BCUT2D eigenvalue weighted by molar-refractivity contribution is 0.0646. The highest BCUT2D eigenvalue weighted by molar-refractivity contribution is 6.48. The molecule has 0 amide bonds. The van der Waals surface area contributed by atoms with Crippen LogP contribution in [-0.2, 0) is 17.9 Å². The van der Waals surface area contributed by atoms with Crippen LogP contribution in [0.2, 0.25) is 18.2 Å². The fraction of sp³-hybridized carbons (Fsp3) is 0.682. The zero-order valence-corrected chi connectivity index (χ0v) is 22.0. The van der Waals surface area contributed by atoms with Crippen LogP contribution in [0.3, 0.4) is 0 Å². The van der Waals surface area contributed by atoms with Crippen molar-refractivity contribution >= 4 is 32.4 Å². The van der Waals surface area contributed by atoms with E-state index in [0.717, 1.165) is 30.0 Å². The van der Waals surface area contributed by atoms with Crippen molar-refractivity contribution in [1.82, 2.24) is 19.7 Å². The number of aryl methyl sites for hydroxylation is 1. The second kappa shape index (κ2) is 8.71. The number of halogens is 1. The van der Waals surface area contributed by atoms with Crippen molar-refractivity contribution in [1.29, 1.82) is 0 Å². The Morgan fingerprint density at radius 3 is 2.45 bits per heavy atom. The van der Waals surface area contributed by atoms with E-state index in [1.807, 2.05) is 11.7 Å². The molecule has 3 heterocycles. The van der Waals surface area contributed by atoms with Gasteiger partial charge in [0.1, 0.15) is 11.0 Å². The van der Waals surface area contributed by atoms with Gasteiger partial charge in [-0.3, -0.25) is 4.68 Å². The minimum Gasteiger partial charge on any atom is -0.413 e. The molecule has 2 N–H and O–H groups in total. The largest absolute Gasteiger partial charge is 0.413 e. The molecule has 0 spiro atoms. The molecule has 0 fully saturated rings. The van der Waals surface area contributed by atoms with Crippen molar-refractivity contribution in [3.8, 4) is 0 Å². The molecular formula is C22H36ClN6OSi. The molecule has 7 nitrogen and oxygen atoms in total. The molecule has 1 radical (unpaired) electrons. The first-order chi connectivity index (χ1) is 14.4. The van der Waals surface area contributed by atoms with E-state index >= 15 is 0 Å². The van der Waals surface area contributed by atoms with Crippen molar-refractivity contribution in [3.63, 3.8) is 0 Å². The van der Waals surface area contributed by atoms with E-state index in [0.29, 0.717) is 5.15 Å². The van der Waals surface area contributed by atoms with Crippen LogP contribution in [0.15, 0.2) is 0 Å². The molecule has 3 unspecified atom stereocenters. The zero-order valence-electron chi connectivity index (χ0n) is 20.2. The van der Waals surface area contributed by atoms with Gasteiger partial charge in [0.15, 0.2) is 0 Å². The SMILES string of the molecule is CCc1c(C)c(C(C)N2CC(C(O[Si](C)C)C(C)(C)C)c3c(Cl)nc(N)nc32)nn1C. The van der Waals surface area contributed by atoms with Crippen LogP contribution in [0, 0.1) is 12.3 Å². The van der Waals surface area contributed by atoms with E-state index in [-0.39, 0.29) is 29.4 Å². The smallest absolute Gasteiger partial charge is 0.223 e. The average molecular weight is 464 g/mol. The first-order valence-corrected chi connectivity index (χ1v) is 13.7. The lowest BCUT2D eigenvalue weighted by atomic mass is 9.79. The first kappa shape index (κ1) is 24.0. The molecule has 0 saturated heterocycles. The van der Waals surface area contributed by atoms with Gasteiger partial charge in [-0.2, -0.15) is 10.1 Å². The fourth-order valence-corrected chi connectivity index (χ4v) is 6.14. The van der Waals surface area contributed by atoms with Crippen LogP contribution in [0.25, 0.3) is 0 Å². The predicted molar refractivity (Wildman–Crippen MR) is 129 cm³/mol. The summed E-state index contributed by atoms with van der Waals surface area (Å²) in [6.45, 7) is 18.2. The highest BCUT2D eigenvalue weighted by atomic mass is 35.5. The number of nitrogens with two attached hydrogens (primary N) is 1. The summed E-state index contributed by atoms with van der Waals surface area (Å²) in [5.41, 5.74) is 10.4. The maximum Gasteiger partial charge on any atom is 0.223 e. The van der Waals surface area contributed by atoms with Crippen LogP contribution in [0.5, 0.6) is 0 Å². The molecule has 0 saturated carbocycles. The summed E-state index contributed by atoms with van der Waals surface area (Å²) in [6, 6.07) is 0.0225. The van der Waals surface area contributed by atoms with Gasteiger partial charge in [-0.1, -0.05) is 39.3 Å². The second-order valence-corrected chi connectivity index (χ2v) is 12.2. The highest BCUT2D eigenvalue weighted by Crippen LogP contribution is 2.48. The number of hydrogen-bond acceptors (Lipinski definition) is 6. The summed E-state index contributed by atoms with van der Waals surface area (Å²) < 4.78 is 8.54. The Morgan fingerprint density at radius 2 is 1.94 bits per heavy atom. The van der Waals surface area contributed by atoms with Gasteiger partial charge in [-0.25, -0.2) is 4.98 Å². The first-order valence-electron chi connectivity index (χ1n) is 10.9. The number of rotatable bonds is 6. The molecule has 2 aromatic rings. The molecule has 31 heavy (non-hydrogen) atoms. The summed E-state index contributed by atoms with van der Waals surface area (Å²) in [5.74, 6) is 1.05. The Balaban J connectivity index is 2.11. The number of anilines is 2. The third kappa shape index (κ3) is 4.47. The summed E-state index contributed by atoms with van der Waals surface area (Å²) in [5, 5.41) is 5.28. The van der Waals surface area contributed by atoms with E-state index in [9.17, 15) is 0 Å². The minimum absolute atomic E-state index is 0.00639. The summed E-state index contributed by atoms with van der Waals surface area (Å²) in [7, 11) is 1.09. The Labute approximate surface area is 193 Å². The molecule has 1 aliphatic heterocycles. The molecule has 171 valence electrons. The normalized spacial score (nSPS) is 18.5. The molecule has 0 bridgehead atoms. The van der Waals surface area contributed by atoms with E-state index in [1.54, 1.807) is 0 Å². The van der Waals surface area contributed by atoms with Crippen LogP contribution in [0.4, 0.5) is 11.8 Å². The molecule has 1 aliphatic rings. The van der Waals surface area contributed by atoms with Crippen LogP contribution in [-0.4, -0.2) is 41.4 Å². The van der Waals surface area contributed by atoms with Crippen molar-refractivity contribution < 1.29 is 4.43 Å². The van der Waals surface area contributed by atoms with E-state index < -0.39 is 9.04 Å². The summed E-state index contributed by atoms with van der Waals surface area (Å²) in [6.07, 6.45) is 0.938. The molecule has 9 heteroatoms. The number of fused-ring (bicyclic) bond motifs is 1. The summed E-state index contributed by atoms with van der Waals surface area (Å²) >= 11 is 6.67. The van der Waals surface area contributed by atoms with E-state index in [1.165, 1.54) is 11.3 Å². The van der Waals surface area contributed by atoms with Crippen molar-refractivity contribution in [2.75, 3.05) is 17.2 Å². The topological polar surface area (TPSA) is 82.1 Å². The van der Waals surface area contributed by atoms with Gasteiger partial charge < -0.3 is 15.1 Å². The minimum atomic E-state index is -0.919. The van der Waals surface area contributed by atoms with E-state index in [2.05, 4.69) is 69.5 Å². The van der Waals surface area contributed by atoms with Crippen LogP contribution >= 0.6 is 11.6 Å². The van der Waals surface area contributed by atoms with Gasteiger partial charge >= 0.3 is 0 Å². The predicted octanol–water partition coefficient (Wildman–Crippen LogP) is 4.66. The van der Waals surface area contributed by atoms with Crippen molar-refractivity contribution in [2.45, 2.75) is 79.1 Å². The maximum absolute atomic E-state index is 6.67. The van der Waals surface area contributed by atoms with Gasteiger partial charge in [0.2, 0.25) is 15.0 Å². The Bertz CT molecular complexity index is 954. The van der Waals surface area contributed by atoms with Crippen LogP contribution in [0.1, 0.15) is 69.1 Å². The summed E-state index contributed by atoms with van der Waals surface area (Å²) in [4.78, 5) is 11.2. The standard InChI is InChI=1S/C22H36ClN6OSi/c1-10-15-12(2)17(27-28(15)7)13(3)29-11-14(18(22(4,5)6)30-31(8)9)16-19(23)25-21(24)26-20(16)29/h13-14,18H,10-11H2,1-9H3,(H2,24,25,26). The Morgan fingerprint density at radius 1 is 1.29 bits per heavy atom. The molecule has 0 aromatic carbocycles. The number of nitrogen functional groups attached to an aromatic ring is 1. The number of hydrogen-bond donors (Lipinski definition) is 1. The monoisotopic (exact) mass is 463 g/mol. The van der Waals surface area contributed by atoms with Crippen LogP contribution < -0.4 is 10.6 Å². The van der Waals surface area contributed by atoms with Gasteiger partial charge in [0.05, 0.1) is 17.8 Å². The van der Waals surface area contributed by atoms with Gasteiger partial charge in [-0.15, -0.1) is 0 Å². The number of nitrogens with zero attached hydrogens (tertiary/aromatic N) is 5. The molecular weight excluding hydrogens is 428 g/mol. The van der Waals surface area contributed by atoms with E-state index in [4.69, 9.17) is 26.9 Å². The van der Waals surface area contributed by atoms with Crippen molar-refractivity contribution in [2.24, 2.45) is 12.5 Å².